The van der Waals surface area contributed by atoms with Gasteiger partial charge < -0.3 is 20.1 Å². The standard InChI is InChI=1S/C18H19Cl3N2O5S2/c1-4-27-15(25)11-9(3)12(16(26)28-5-2)30-14(11)23-17(18(19,20)21)22-13(24)10-7-6-8-29-10/h6-8,17,23H,4-5H2,1-3H3,(H,22,24)/t17-/m0/s1. The van der Waals surface area contributed by atoms with Crippen molar-refractivity contribution in [2.75, 3.05) is 18.5 Å². The molecule has 0 bridgehead atoms. The van der Waals surface area contributed by atoms with Gasteiger partial charge in [-0.15, -0.1) is 22.7 Å². The van der Waals surface area contributed by atoms with Gasteiger partial charge in [0.2, 0.25) is 3.79 Å². The van der Waals surface area contributed by atoms with E-state index in [1.807, 2.05) is 0 Å². The van der Waals surface area contributed by atoms with Gasteiger partial charge in [-0.2, -0.15) is 0 Å². The van der Waals surface area contributed by atoms with Crippen molar-refractivity contribution in [2.24, 2.45) is 0 Å². The zero-order valence-electron chi connectivity index (χ0n) is 16.2. The van der Waals surface area contributed by atoms with Gasteiger partial charge in [-0.3, -0.25) is 4.79 Å². The van der Waals surface area contributed by atoms with E-state index in [2.05, 4.69) is 10.6 Å². The normalized spacial score (nSPS) is 12.2. The molecule has 12 heteroatoms. The molecule has 2 heterocycles. The van der Waals surface area contributed by atoms with E-state index < -0.39 is 27.8 Å². The molecular formula is C18H19Cl3N2O5S2. The van der Waals surface area contributed by atoms with Crippen molar-refractivity contribution >= 4 is 80.3 Å². The average Bonchev–Trinajstić information content (AvgIpc) is 3.29. The van der Waals surface area contributed by atoms with Crippen LogP contribution < -0.4 is 10.6 Å². The molecule has 0 saturated carbocycles. The van der Waals surface area contributed by atoms with Crippen LogP contribution in [-0.4, -0.2) is 41.0 Å². The van der Waals surface area contributed by atoms with Crippen LogP contribution in [0.15, 0.2) is 17.5 Å². The van der Waals surface area contributed by atoms with Gasteiger partial charge in [-0.25, -0.2) is 9.59 Å². The fourth-order valence-corrected chi connectivity index (χ4v) is 4.47. The minimum atomic E-state index is -1.97. The van der Waals surface area contributed by atoms with Crippen molar-refractivity contribution in [2.45, 2.75) is 30.7 Å². The van der Waals surface area contributed by atoms with E-state index in [-0.39, 0.29) is 28.7 Å². The molecule has 0 aliphatic rings. The Morgan fingerprint density at radius 2 is 1.77 bits per heavy atom. The van der Waals surface area contributed by atoms with E-state index in [1.54, 1.807) is 38.3 Å². The predicted octanol–water partition coefficient (Wildman–Crippen LogP) is 5.01. The fraction of sp³-hybridized carbons (Fsp3) is 0.389. The molecule has 7 nitrogen and oxygen atoms in total. The highest BCUT2D eigenvalue weighted by Crippen LogP contribution is 2.38. The van der Waals surface area contributed by atoms with Gasteiger partial charge in [-0.05, 0) is 37.8 Å². The van der Waals surface area contributed by atoms with Crippen LogP contribution in [0.25, 0.3) is 0 Å². The molecule has 2 N–H and O–H groups in total. The molecule has 1 amide bonds. The SMILES string of the molecule is CCOC(=O)c1sc(N[C@H](NC(=O)c2cccs2)C(Cl)(Cl)Cl)c(C(=O)OCC)c1C. The van der Waals surface area contributed by atoms with Crippen LogP contribution in [0.2, 0.25) is 0 Å². The molecule has 1 atom stereocenters. The first-order chi connectivity index (χ1) is 14.1. The summed E-state index contributed by atoms with van der Waals surface area (Å²) in [4.78, 5) is 37.9. The summed E-state index contributed by atoms with van der Waals surface area (Å²) in [7, 11) is 0. The largest absolute Gasteiger partial charge is 0.462 e. The van der Waals surface area contributed by atoms with E-state index in [0.29, 0.717) is 10.4 Å². The third-order valence-corrected chi connectivity index (χ3v) is 6.44. The quantitative estimate of drug-likeness (QED) is 0.293. The van der Waals surface area contributed by atoms with Gasteiger partial charge in [0.25, 0.3) is 5.91 Å². The molecule has 0 saturated heterocycles. The second kappa shape index (κ2) is 10.7. The topological polar surface area (TPSA) is 93.7 Å². The molecule has 2 aromatic rings. The number of thiophene rings is 2. The molecule has 0 spiro atoms. The summed E-state index contributed by atoms with van der Waals surface area (Å²) < 4.78 is 8.18. The van der Waals surface area contributed by atoms with E-state index in [0.717, 1.165) is 11.3 Å². The van der Waals surface area contributed by atoms with Gasteiger partial charge in [0.05, 0.1) is 23.7 Å². The van der Waals surface area contributed by atoms with Crippen LogP contribution in [0.4, 0.5) is 5.00 Å². The molecule has 2 rings (SSSR count). The number of nitrogens with one attached hydrogen (secondary N) is 2. The Hall–Kier alpha value is -1.52. The fourth-order valence-electron chi connectivity index (χ4n) is 2.40. The van der Waals surface area contributed by atoms with Gasteiger partial charge in [-0.1, -0.05) is 40.9 Å². The van der Waals surface area contributed by atoms with Crippen molar-refractivity contribution in [3.05, 3.63) is 38.4 Å². The second-order valence-corrected chi connectivity index (χ2v) is 10.1. The monoisotopic (exact) mass is 512 g/mol. The molecule has 0 unspecified atom stereocenters. The molecule has 0 aromatic carbocycles. The molecule has 164 valence electrons. The summed E-state index contributed by atoms with van der Waals surface area (Å²) in [5.41, 5.74) is 0.474. The van der Waals surface area contributed by atoms with E-state index >= 15 is 0 Å². The van der Waals surface area contributed by atoms with Crippen LogP contribution in [-0.2, 0) is 9.47 Å². The van der Waals surface area contributed by atoms with E-state index in [4.69, 9.17) is 44.3 Å². The first-order valence-electron chi connectivity index (χ1n) is 8.75. The smallest absolute Gasteiger partial charge is 0.348 e. The molecule has 30 heavy (non-hydrogen) atoms. The number of hydrogen-bond donors (Lipinski definition) is 2. The third-order valence-electron chi connectivity index (χ3n) is 3.71. The minimum absolute atomic E-state index is 0.106. The number of alkyl halides is 3. The van der Waals surface area contributed by atoms with Crippen LogP contribution >= 0.6 is 57.5 Å². The Morgan fingerprint density at radius 3 is 2.30 bits per heavy atom. The number of carbonyl (C=O) groups is 3. The Morgan fingerprint density at radius 1 is 1.13 bits per heavy atom. The lowest BCUT2D eigenvalue weighted by Gasteiger charge is -2.27. The number of ether oxygens (including phenoxy) is 2. The second-order valence-electron chi connectivity index (χ2n) is 5.77. The Kier molecular flexibility index (Phi) is 8.81. The summed E-state index contributed by atoms with van der Waals surface area (Å²) in [5.74, 6) is -1.71. The number of halogens is 3. The Bertz CT molecular complexity index is 910. The van der Waals surface area contributed by atoms with Crippen LogP contribution in [0.5, 0.6) is 0 Å². The number of rotatable bonds is 8. The van der Waals surface area contributed by atoms with Crippen LogP contribution in [0, 0.1) is 6.92 Å². The first kappa shape index (κ1) is 24.7. The molecule has 0 aliphatic heterocycles. The molecular weight excluding hydrogens is 495 g/mol. The predicted molar refractivity (Wildman–Crippen MR) is 120 cm³/mol. The average molecular weight is 514 g/mol. The zero-order valence-corrected chi connectivity index (χ0v) is 20.1. The van der Waals surface area contributed by atoms with Crippen LogP contribution in [0.1, 0.15) is 49.1 Å². The maximum Gasteiger partial charge on any atom is 0.348 e. The highest BCUT2D eigenvalue weighted by molar-refractivity contribution is 7.18. The highest BCUT2D eigenvalue weighted by atomic mass is 35.6. The number of hydrogen-bond acceptors (Lipinski definition) is 8. The van der Waals surface area contributed by atoms with Crippen molar-refractivity contribution in [1.82, 2.24) is 5.32 Å². The Labute approximate surface area is 196 Å². The van der Waals surface area contributed by atoms with Gasteiger partial charge >= 0.3 is 11.9 Å². The summed E-state index contributed by atoms with van der Waals surface area (Å²) >= 11 is 20.3. The summed E-state index contributed by atoms with van der Waals surface area (Å²) in [6, 6.07) is 3.33. The van der Waals surface area contributed by atoms with Gasteiger partial charge in [0.15, 0.2) is 0 Å². The molecule has 0 fully saturated rings. The minimum Gasteiger partial charge on any atom is -0.462 e. The number of esters is 2. The third kappa shape index (κ3) is 6.01. The van der Waals surface area contributed by atoms with E-state index in [9.17, 15) is 14.4 Å². The van der Waals surface area contributed by atoms with Gasteiger partial charge in [0, 0.05) is 0 Å². The maximum atomic E-state index is 12.5. The molecule has 2 aromatic heterocycles. The van der Waals surface area contributed by atoms with Crippen molar-refractivity contribution < 1.29 is 23.9 Å². The lowest BCUT2D eigenvalue weighted by Crippen LogP contribution is -2.49. The van der Waals surface area contributed by atoms with Crippen molar-refractivity contribution in [3.8, 4) is 0 Å². The van der Waals surface area contributed by atoms with Crippen LogP contribution in [0.3, 0.4) is 0 Å². The number of anilines is 1. The summed E-state index contributed by atoms with van der Waals surface area (Å²) in [6.45, 7) is 5.22. The number of amides is 1. The molecule has 0 aliphatic carbocycles. The number of carbonyl (C=O) groups excluding carboxylic acids is 3. The Balaban J connectivity index is 2.42. The van der Waals surface area contributed by atoms with Crippen molar-refractivity contribution in [3.63, 3.8) is 0 Å². The van der Waals surface area contributed by atoms with E-state index in [1.165, 1.54) is 11.3 Å². The lowest BCUT2D eigenvalue weighted by molar-refractivity contribution is 0.0527. The molecule has 0 radical (unpaired) electrons. The lowest BCUT2D eigenvalue weighted by atomic mass is 10.1. The maximum absolute atomic E-state index is 12.5. The van der Waals surface area contributed by atoms with Gasteiger partial charge in [0.1, 0.15) is 16.0 Å². The summed E-state index contributed by atoms with van der Waals surface area (Å²) in [5, 5.41) is 7.40. The summed E-state index contributed by atoms with van der Waals surface area (Å²) in [6.07, 6.45) is -1.21. The zero-order chi connectivity index (χ0) is 22.5. The van der Waals surface area contributed by atoms with Crippen molar-refractivity contribution in [1.29, 1.82) is 0 Å². The highest BCUT2D eigenvalue weighted by Gasteiger charge is 2.37. The first-order valence-corrected chi connectivity index (χ1v) is 11.6.